The van der Waals surface area contributed by atoms with Gasteiger partial charge in [0.25, 0.3) is 5.91 Å². The van der Waals surface area contributed by atoms with E-state index >= 15 is 0 Å². The molecule has 4 atom stereocenters. The highest BCUT2D eigenvalue weighted by Gasteiger charge is 2.42. The van der Waals surface area contributed by atoms with Gasteiger partial charge in [0.2, 0.25) is 5.91 Å². The van der Waals surface area contributed by atoms with Crippen molar-refractivity contribution in [1.82, 2.24) is 20.3 Å². The van der Waals surface area contributed by atoms with Crippen molar-refractivity contribution in [2.75, 3.05) is 45.9 Å². The molecule has 182 valence electrons. The van der Waals surface area contributed by atoms with Gasteiger partial charge in [-0.2, -0.15) is 0 Å². The third-order valence-electron chi connectivity index (χ3n) is 7.65. The van der Waals surface area contributed by atoms with Gasteiger partial charge in [-0.3, -0.25) is 9.59 Å². The van der Waals surface area contributed by atoms with E-state index in [1.165, 1.54) is 0 Å². The fourth-order valence-electron chi connectivity index (χ4n) is 5.74. The summed E-state index contributed by atoms with van der Waals surface area (Å²) in [5.74, 6) is 1.67. The Morgan fingerprint density at radius 1 is 1.12 bits per heavy atom. The predicted molar refractivity (Wildman–Crippen MR) is 126 cm³/mol. The van der Waals surface area contributed by atoms with E-state index < -0.39 is 0 Å². The van der Waals surface area contributed by atoms with Crippen LogP contribution in [0, 0.1) is 31.6 Å². The minimum absolute atomic E-state index is 0.00708. The number of aromatic nitrogens is 1. The summed E-state index contributed by atoms with van der Waals surface area (Å²) in [5.41, 5.74) is 2.43. The number of aryl methyl sites for hydroxylation is 2. The number of fused-ring (bicyclic) bond motifs is 1. The second-order valence-corrected chi connectivity index (χ2v) is 10.0. The zero-order valence-corrected chi connectivity index (χ0v) is 20.0. The third-order valence-corrected chi connectivity index (χ3v) is 7.65. The maximum atomic E-state index is 13.0. The molecule has 0 spiro atoms. The summed E-state index contributed by atoms with van der Waals surface area (Å²) in [6, 6.07) is 10.2. The average molecular weight is 467 g/mol. The topological polar surface area (TPSA) is 87.9 Å². The fraction of sp³-hybridized carbons (Fsp3) is 0.577. The van der Waals surface area contributed by atoms with Crippen molar-refractivity contribution in [3.8, 4) is 0 Å². The molecule has 1 aromatic heterocycles. The first kappa shape index (κ1) is 23.1. The van der Waals surface area contributed by atoms with Crippen molar-refractivity contribution in [3.05, 3.63) is 52.9 Å². The number of benzene rings is 1. The minimum Gasteiger partial charge on any atom is -0.381 e. The zero-order chi connectivity index (χ0) is 23.7. The lowest BCUT2D eigenvalue weighted by molar-refractivity contribution is -0.125. The molecule has 8 heteroatoms. The van der Waals surface area contributed by atoms with Crippen molar-refractivity contribution < 1.29 is 18.8 Å². The van der Waals surface area contributed by atoms with E-state index in [0.717, 1.165) is 51.1 Å². The quantitative estimate of drug-likeness (QED) is 0.675. The summed E-state index contributed by atoms with van der Waals surface area (Å²) in [5, 5.41) is 7.22. The van der Waals surface area contributed by atoms with Crippen LogP contribution in [0.2, 0.25) is 0 Å². The molecular weight excluding hydrogens is 432 g/mol. The number of nitrogens with one attached hydrogen (secondary N) is 1. The summed E-state index contributed by atoms with van der Waals surface area (Å²) in [7, 11) is 0. The lowest BCUT2D eigenvalue weighted by Gasteiger charge is -2.25. The molecule has 0 aliphatic carbocycles. The van der Waals surface area contributed by atoms with Gasteiger partial charge in [-0.05, 0) is 44.1 Å². The van der Waals surface area contributed by atoms with Gasteiger partial charge in [0, 0.05) is 39.3 Å². The van der Waals surface area contributed by atoms with Gasteiger partial charge in [-0.15, -0.1) is 0 Å². The molecule has 1 aromatic carbocycles. The number of likely N-dealkylation sites (tertiary alicyclic amines) is 2. The van der Waals surface area contributed by atoms with Crippen LogP contribution >= 0.6 is 0 Å². The Kier molecular flexibility index (Phi) is 6.70. The first-order valence-corrected chi connectivity index (χ1v) is 12.4. The molecule has 2 amide bonds. The van der Waals surface area contributed by atoms with E-state index in [2.05, 4.69) is 27.5 Å². The maximum absolute atomic E-state index is 13.0. The van der Waals surface area contributed by atoms with Crippen molar-refractivity contribution in [3.63, 3.8) is 0 Å². The van der Waals surface area contributed by atoms with Crippen LogP contribution in [0.3, 0.4) is 0 Å². The van der Waals surface area contributed by atoms with Crippen LogP contribution in [0.25, 0.3) is 0 Å². The third kappa shape index (κ3) is 4.74. The van der Waals surface area contributed by atoms with Crippen LogP contribution in [-0.4, -0.2) is 72.7 Å². The molecule has 3 unspecified atom stereocenters. The normalized spacial score (nSPS) is 25.5. The van der Waals surface area contributed by atoms with Crippen molar-refractivity contribution in [1.29, 1.82) is 0 Å². The van der Waals surface area contributed by atoms with Crippen LogP contribution in [0.15, 0.2) is 34.9 Å². The standard InChI is InChI=1S/C26H34N4O4/c1-17-24(18(2)34-28-17)26(32)30-14-21-12-29(13-22(21)15-30)10-8-23(19-6-4-3-5-7-19)27-25(31)20-9-11-33-16-20/h3-7,20-23H,8-16H2,1-2H3,(H,27,31)/t20?,21?,22?,23-/m0/s1. The maximum Gasteiger partial charge on any atom is 0.259 e. The summed E-state index contributed by atoms with van der Waals surface area (Å²) >= 11 is 0. The van der Waals surface area contributed by atoms with E-state index in [-0.39, 0.29) is 23.8 Å². The van der Waals surface area contributed by atoms with E-state index in [9.17, 15) is 9.59 Å². The molecule has 3 aliphatic rings. The SMILES string of the molecule is Cc1noc(C)c1C(=O)N1CC2CN(CC[C@H](NC(=O)C3CCOC3)c3ccccc3)CC2C1. The van der Waals surface area contributed by atoms with E-state index in [4.69, 9.17) is 9.26 Å². The second-order valence-electron chi connectivity index (χ2n) is 10.0. The van der Waals surface area contributed by atoms with Gasteiger partial charge < -0.3 is 24.4 Å². The predicted octanol–water partition coefficient (Wildman–Crippen LogP) is 2.58. The number of carbonyl (C=O) groups is 2. The van der Waals surface area contributed by atoms with Gasteiger partial charge in [-0.25, -0.2) is 0 Å². The Morgan fingerprint density at radius 3 is 2.47 bits per heavy atom. The molecule has 2 aromatic rings. The number of nitrogens with zero attached hydrogens (tertiary/aromatic N) is 3. The van der Waals surface area contributed by atoms with Crippen LogP contribution in [0.1, 0.15) is 46.3 Å². The number of hydrogen-bond donors (Lipinski definition) is 1. The number of rotatable bonds is 7. The molecular formula is C26H34N4O4. The molecule has 3 fully saturated rings. The van der Waals surface area contributed by atoms with Crippen LogP contribution in [0.4, 0.5) is 0 Å². The monoisotopic (exact) mass is 466 g/mol. The summed E-state index contributed by atoms with van der Waals surface area (Å²) < 4.78 is 10.6. The smallest absolute Gasteiger partial charge is 0.259 e. The number of hydrogen-bond acceptors (Lipinski definition) is 6. The first-order chi connectivity index (χ1) is 16.5. The molecule has 4 heterocycles. The average Bonchev–Trinajstić information content (AvgIpc) is 3.61. The minimum atomic E-state index is -0.0430. The number of carbonyl (C=O) groups excluding carboxylic acids is 2. The molecule has 1 N–H and O–H groups in total. The highest BCUT2D eigenvalue weighted by Crippen LogP contribution is 2.33. The lowest BCUT2D eigenvalue weighted by atomic mass is 10.0. The van der Waals surface area contributed by atoms with Gasteiger partial charge in [0.1, 0.15) is 11.3 Å². The lowest BCUT2D eigenvalue weighted by Crippen LogP contribution is -2.37. The van der Waals surface area contributed by atoms with Crippen molar-refractivity contribution >= 4 is 11.8 Å². The molecule has 34 heavy (non-hydrogen) atoms. The van der Waals surface area contributed by atoms with Crippen LogP contribution < -0.4 is 5.32 Å². The Bertz CT molecular complexity index is 984. The summed E-state index contributed by atoms with van der Waals surface area (Å²) in [6.45, 7) is 9.27. The highest BCUT2D eigenvalue weighted by molar-refractivity contribution is 5.96. The van der Waals surface area contributed by atoms with Gasteiger partial charge in [0.05, 0.1) is 24.3 Å². The second kappa shape index (κ2) is 9.88. The van der Waals surface area contributed by atoms with Crippen LogP contribution in [0.5, 0.6) is 0 Å². The Labute approximate surface area is 200 Å². The fourth-order valence-corrected chi connectivity index (χ4v) is 5.74. The molecule has 0 saturated carbocycles. The first-order valence-electron chi connectivity index (χ1n) is 12.4. The van der Waals surface area contributed by atoms with Gasteiger partial charge in [-0.1, -0.05) is 35.5 Å². The highest BCUT2D eigenvalue weighted by atomic mass is 16.5. The Balaban J connectivity index is 1.16. The number of ether oxygens (including phenoxy) is 1. The van der Waals surface area contributed by atoms with E-state index in [1.807, 2.05) is 30.0 Å². The summed E-state index contributed by atoms with van der Waals surface area (Å²) in [6.07, 6.45) is 1.66. The van der Waals surface area contributed by atoms with Gasteiger partial charge in [0.15, 0.2) is 0 Å². The molecule has 5 rings (SSSR count). The van der Waals surface area contributed by atoms with Gasteiger partial charge >= 0.3 is 0 Å². The molecule has 3 saturated heterocycles. The molecule has 0 bridgehead atoms. The number of amides is 2. The molecule has 0 radical (unpaired) electrons. The molecule has 8 nitrogen and oxygen atoms in total. The van der Waals surface area contributed by atoms with E-state index in [0.29, 0.717) is 42.1 Å². The van der Waals surface area contributed by atoms with Crippen molar-refractivity contribution in [2.45, 2.75) is 32.7 Å². The zero-order valence-electron chi connectivity index (χ0n) is 20.0. The van der Waals surface area contributed by atoms with Crippen LogP contribution in [-0.2, 0) is 9.53 Å². The Hall–Kier alpha value is -2.71. The van der Waals surface area contributed by atoms with Crippen molar-refractivity contribution in [2.24, 2.45) is 17.8 Å². The summed E-state index contributed by atoms with van der Waals surface area (Å²) in [4.78, 5) is 30.2. The Morgan fingerprint density at radius 2 is 1.85 bits per heavy atom. The molecule has 3 aliphatic heterocycles. The largest absolute Gasteiger partial charge is 0.381 e. The van der Waals surface area contributed by atoms with E-state index in [1.54, 1.807) is 6.92 Å².